The molecule has 8 nitrogen and oxygen atoms in total. The first-order valence-electron chi connectivity index (χ1n) is 10.6. The molecule has 3 N–H and O–H groups in total. The van der Waals surface area contributed by atoms with E-state index in [0.717, 1.165) is 6.07 Å². The van der Waals surface area contributed by atoms with Gasteiger partial charge in [-0.15, -0.1) is 0 Å². The molecule has 0 atom stereocenters. The molecular formula is C24H20Cl2FN5O3. The Bertz CT molecular complexity index is 1280. The first-order valence-corrected chi connectivity index (χ1v) is 11.3. The second-order valence-electron chi connectivity index (χ2n) is 7.60. The van der Waals surface area contributed by atoms with Gasteiger partial charge in [-0.05, 0) is 42.5 Å². The predicted molar refractivity (Wildman–Crippen MR) is 132 cm³/mol. The summed E-state index contributed by atoms with van der Waals surface area (Å²) < 4.78 is 20.1. The number of amidine groups is 1. The van der Waals surface area contributed by atoms with E-state index in [0.29, 0.717) is 36.9 Å². The summed E-state index contributed by atoms with van der Waals surface area (Å²) in [6.07, 6.45) is 1.38. The third-order valence-corrected chi connectivity index (χ3v) is 5.72. The van der Waals surface area contributed by atoms with Crippen molar-refractivity contribution in [2.75, 3.05) is 36.9 Å². The van der Waals surface area contributed by atoms with Gasteiger partial charge in [0.05, 0.1) is 35.1 Å². The minimum Gasteiger partial charge on any atom is -0.378 e. The Kier molecular flexibility index (Phi) is 7.60. The number of nitrogens with one attached hydrogen (secondary N) is 3. The number of carbonyl (C=O) groups is 2. The standard InChI is InChI=1S/C24H20Cl2FN5O3/c25-15-2-5-20(18(12-15)24(34)31-21-6-3-16(26)13-29-21)30-23(33)17-4-1-14(11-19(17)27)22(28)32-7-9-35-10-8-32/h1-6,11-13,28H,7-10H2,(H,30,33)(H,29,31,34). The van der Waals surface area contributed by atoms with E-state index in [1.807, 2.05) is 0 Å². The van der Waals surface area contributed by atoms with E-state index in [-0.39, 0.29) is 33.5 Å². The van der Waals surface area contributed by atoms with Crippen LogP contribution in [-0.4, -0.2) is 53.8 Å². The molecule has 2 heterocycles. The summed E-state index contributed by atoms with van der Waals surface area (Å²) in [6, 6.07) is 11.4. The molecular weight excluding hydrogens is 496 g/mol. The number of anilines is 2. The lowest BCUT2D eigenvalue weighted by atomic mass is 10.1. The molecule has 180 valence electrons. The van der Waals surface area contributed by atoms with Gasteiger partial charge in [-0.25, -0.2) is 9.37 Å². The highest BCUT2D eigenvalue weighted by atomic mass is 35.5. The van der Waals surface area contributed by atoms with Gasteiger partial charge in [-0.3, -0.25) is 15.0 Å². The van der Waals surface area contributed by atoms with Crippen LogP contribution in [0, 0.1) is 11.2 Å². The zero-order chi connectivity index (χ0) is 24.9. The van der Waals surface area contributed by atoms with Gasteiger partial charge in [0.1, 0.15) is 17.5 Å². The number of pyridine rings is 1. The Labute approximate surface area is 210 Å². The van der Waals surface area contributed by atoms with Gasteiger partial charge in [0.15, 0.2) is 0 Å². The second kappa shape index (κ2) is 10.8. The van der Waals surface area contributed by atoms with Crippen LogP contribution < -0.4 is 10.6 Å². The topological polar surface area (TPSA) is 107 Å². The fourth-order valence-electron chi connectivity index (χ4n) is 3.45. The fourth-order valence-corrected chi connectivity index (χ4v) is 3.74. The molecule has 0 saturated carbocycles. The number of ether oxygens (including phenoxy) is 1. The highest BCUT2D eigenvalue weighted by Gasteiger charge is 2.20. The van der Waals surface area contributed by atoms with Crippen molar-refractivity contribution in [3.05, 3.63) is 87.3 Å². The number of amides is 2. The third kappa shape index (κ3) is 5.94. The van der Waals surface area contributed by atoms with Crippen LogP contribution >= 0.6 is 23.2 Å². The monoisotopic (exact) mass is 515 g/mol. The molecule has 0 aliphatic carbocycles. The van der Waals surface area contributed by atoms with Gasteiger partial charge in [0.25, 0.3) is 11.8 Å². The van der Waals surface area contributed by atoms with Crippen molar-refractivity contribution < 1.29 is 18.7 Å². The summed E-state index contributed by atoms with van der Waals surface area (Å²) >= 11 is 11.9. The molecule has 2 amide bonds. The summed E-state index contributed by atoms with van der Waals surface area (Å²) in [7, 11) is 0. The predicted octanol–water partition coefficient (Wildman–Crippen LogP) is 4.69. The first-order chi connectivity index (χ1) is 16.8. The first kappa shape index (κ1) is 24.6. The summed E-state index contributed by atoms with van der Waals surface area (Å²) in [6.45, 7) is 2.07. The molecule has 0 unspecified atom stereocenters. The number of aromatic nitrogens is 1. The molecule has 35 heavy (non-hydrogen) atoms. The quantitative estimate of drug-likeness (QED) is 0.337. The molecule has 0 radical (unpaired) electrons. The zero-order valence-electron chi connectivity index (χ0n) is 18.3. The van der Waals surface area contributed by atoms with E-state index in [1.165, 1.54) is 42.6 Å². The van der Waals surface area contributed by atoms with Crippen LogP contribution in [0.15, 0.2) is 54.7 Å². The average Bonchev–Trinajstić information content (AvgIpc) is 2.86. The van der Waals surface area contributed by atoms with Gasteiger partial charge >= 0.3 is 0 Å². The van der Waals surface area contributed by atoms with Gasteiger partial charge < -0.3 is 20.3 Å². The highest BCUT2D eigenvalue weighted by molar-refractivity contribution is 6.31. The molecule has 1 aromatic heterocycles. The van der Waals surface area contributed by atoms with Crippen molar-refractivity contribution >= 4 is 52.4 Å². The second-order valence-corrected chi connectivity index (χ2v) is 8.48. The van der Waals surface area contributed by atoms with Crippen LogP contribution in [0.25, 0.3) is 0 Å². The van der Waals surface area contributed by atoms with Crippen LogP contribution in [0.4, 0.5) is 15.9 Å². The molecule has 0 bridgehead atoms. The molecule has 2 aromatic carbocycles. The van der Waals surface area contributed by atoms with E-state index in [9.17, 15) is 14.0 Å². The van der Waals surface area contributed by atoms with Crippen LogP contribution in [0.5, 0.6) is 0 Å². The fraction of sp³-hybridized carbons (Fsp3) is 0.167. The number of hydrogen-bond acceptors (Lipinski definition) is 5. The summed E-state index contributed by atoms with van der Waals surface area (Å²) in [4.78, 5) is 31.5. The van der Waals surface area contributed by atoms with Gasteiger partial charge in [-0.1, -0.05) is 29.3 Å². The maximum atomic E-state index is 14.9. The van der Waals surface area contributed by atoms with Gasteiger partial charge in [0.2, 0.25) is 0 Å². The number of morpholine rings is 1. The Morgan fingerprint density at radius 2 is 1.66 bits per heavy atom. The molecule has 11 heteroatoms. The molecule has 4 rings (SSSR count). The Balaban J connectivity index is 1.52. The van der Waals surface area contributed by atoms with E-state index in [2.05, 4.69) is 15.6 Å². The molecule has 1 aliphatic heterocycles. The average molecular weight is 516 g/mol. The lowest BCUT2D eigenvalue weighted by molar-refractivity contribution is 0.0680. The Morgan fingerprint density at radius 1 is 0.943 bits per heavy atom. The minimum absolute atomic E-state index is 0.0636. The summed E-state index contributed by atoms with van der Waals surface area (Å²) in [5.74, 6) is -1.71. The van der Waals surface area contributed by atoms with Crippen molar-refractivity contribution in [3.8, 4) is 0 Å². The van der Waals surface area contributed by atoms with E-state index in [1.54, 1.807) is 11.0 Å². The van der Waals surface area contributed by atoms with Crippen molar-refractivity contribution in [1.82, 2.24) is 9.88 Å². The van der Waals surface area contributed by atoms with Crippen molar-refractivity contribution in [2.45, 2.75) is 0 Å². The Morgan fingerprint density at radius 3 is 2.34 bits per heavy atom. The molecule has 0 spiro atoms. The number of nitrogens with zero attached hydrogens (tertiary/aromatic N) is 2. The van der Waals surface area contributed by atoms with E-state index in [4.69, 9.17) is 33.3 Å². The third-order valence-electron chi connectivity index (χ3n) is 5.26. The smallest absolute Gasteiger partial charge is 0.258 e. The maximum Gasteiger partial charge on any atom is 0.258 e. The SMILES string of the molecule is N=C(c1ccc(C(=O)Nc2ccc(Cl)cc2C(=O)Nc2ccc(Cl)cn2)c(F)c1)N1CCOCC1. The normalized spacial score (nSPS) is 13.3. The highest BCUT2D eigenvalue weighted by Crippen LogP contribution is 2.24. The van der Waals surface area contributed by atoms with Crippen LogP contribution in [-0.2, 0) is 4.74 Å². The molecule has 3 aromatic rings. The molecule has 1 fully saturated rings. The zero-order valence-corrected chi connectivity index (χ0v) is 19.8. The van der Waals surface area contributed by atoms with Crippen molar-refractivity contribution in [1.29, 1.82) is 5.41 Å². The van der Waals surface area contributed by atoms with Gasteiger partial charge in [-0.2, -0.15) is 0 Å². The maximum absolute atomic E-state index is 14.9. The van der Waals surface area contributed by atoms with Crippen molar-refractivity contribution in [2.24, 2.45) is 0 Å². The van der Waals surface area contributed by atoms with E-state index < -0.39 is 17.6 Å². The number of halogens is 3. The molecule has 1 saturated heterocycles. The summed E-state index contributed by atoms with van der Waals surface area (Å²) in [5, 5.41) is 14.2. The van der Waals surface area contributed by atoms with Crippen LogP contribution in [0.2, 0.25) is 10.0 Å². The molecule has 1 aliphatic rings. The Hall–Kier alpha value is -3.53. The van der Waals surface area contributed by atoms with Crippen LogP contribution in [0.1, 0.15) is 26.3 Å². The lowest BCUT2D eigenvalue weighted by Gasteiger charge is -2.29. The number of carbonyl (C=O) groups excluding carboxylic acids is 2. The lowest BCUT2D eigenvalue weighted by Crippen LogP contribution is -2.40. The number of hydrogen-bond donors (Lipinski definition) is 3. The van der Waals surface area contributed by atoms with Gasteiger partial charge in [0, 0.05) is 29.9 Å². The number of benzene rings is 2. The van der Waals surface area contributed by atoms with Crippen molar-refractivity contribution in [3.63, 3.8) is 0 Å². The largest absolute Gasteiger partial charge is 0.378 e. The minimum atomic E-state index is -0.789. The van der Waals surface area contributed by atoms with Crippen LogP contribution in [0.3, 0.4) is 0 Å². The number of rotatable bonds is 5. The summed E-state index contributed by atoms with van der Waals surface area (Å²) in [5.41, 5.74) is 0.316. The van der Waals surface area contributed by atoms with E-state index >= 15 is 0 Å².